The fourth-order valence-electron chi connectivity index (χ4n) is 11.3. The van der Waals surface area contributed by atoms with E-state index in [1.807, 2.05) is 6.07 Å². The van der Waals surface area contributed by atoms with E-state index in [1.165, 1.54) is 130 Å². The van der Waals surface area contributed by atoms with E-state index < -0.39 is 60.4 Å². The molecule has 0 bridgehead atoms. The molecule has 14 aromatic rings. The van der Waals surface area contributed by atoms with Gasteiger partial charge >= 0.3 is 7.12 Å². The summed E-state index contributed by atoms with van der Waals surface area (Å²) < 4.78 is 148. The lowest BCUT2D eigenvalue weighted by Gasteiger charge is -2.23. The number of benzene rings is 8. The second-order valence-electron chi connectivity index (χ2n) is 23.2. The van der Waals surface area contributed by atoms with Crippen LogP contribution in [0.5, 0.6) is 23.0 Å². The molecule has 0 saturated heterocycles. The molecule has 0 aliphatic carbocycles. The first kappa shape index (κ1) is 80.1. The highest BCUT2D eigenvalue weighted by Crippen LogP contribution is 2.40. The van der Waals surface area contributed by atoms with Crippen LogP contribution in [0.2, 0.25) is 5.15 Å². The molecule has 24 nitrogen and oxygen atoms in total. The van der Waals surface area contributed by atoms with Crippen LogP contribution in [-0.4, -0.2) is 107 Å². The number of fused-ring (bicyclic) bond motifs is 3. The van der Waals surface area contributed by atoms with Gasteiger partial charge in [0.1, 0.15) is 56.4 Å². The lowest BCUT2D eigenvalue weighted by molar-refractivity contribution is 0.100. The second-order valence-corrected chi connectivity index (χ2v) is 32.0. The van der Waals surface area contributed by atoms with Crippen molar-refractivity contribution in [3.63, 3.8) is 0 Å². The van der Waals surface area contributed by atoms with Crippen molar-refractivity contribution in [2.75, 3.05) is 37.0 Å². The Hall–Kier alpha value is -12.0. The smallest absolute Gasteiger partial charge is 0.489 e. The number of nitrogens with two attached hydrogens (primary N) is 1. The minimum atomic E-state index is -4.24. The molecule has 111 heavy (non-hydrogen) atoms. The molecule has 0 atom stereocenters. The molecule has 8 aromatic carbocycles. The van der Waals surface area contributed by atoms with Crippen molar-refractivity contribution in [3.8, 4) is 51.6 Å². The van der Waals surface area contributed by atoms with Crippen LogP contribution in [0.1, 0.15) is 32.1 Å². The van der Waals surface area contributed by atoms with Crippen molar-refractivity contribution in [2.45, 2.75) is 33.5 Å². The summed E-state index contributed by atoms with van der Waals surface area (Å²) in [6.07, 6.45) is 7.56. The molecular formula is C76H58BClF3N11O13S6. The SMILES string of the molecule is COc1ccc(CN(c2nccs2)S(=O)(=O)c2ccc3c(-c4ccccc4C(N)=O)ncc(F)c3c2)c(OC)c1.COc1ccc(CN(c2nccs2)S(=O)(=O)c2ccc3c(Cl)ncc(F)c3c2)c(OC)c1.N#Cc1ccccc1B(O)O.[C-]#[N+]c1ccccc1-c1ncc(F)c2cc(S(=O)(=O)Cc3nccs3)ccc12. The zero-order chi connectivity index (χ0) is 79.3. The number of amides is 1. The van der Waals surface area contributed by atoms with Gasteiger partial charge in [0.15, 0.2) is 25.8 Å². The van der Waals surface area contributed by atoms with E-state index in [9.17, 15) is 38.8 Å². The first-order valence-electron chi connectivity index (χ1n) is 32.3. The predicted molar refractivity (Wildman–Crippen MR) is 420 cm³/mol. The molecule has 562 valence electrons. The Balaban J connectivity index is 0.000000156. The summed E-state index contributed by atoms with van der Waals surface area (Å²) in [6, 6.07) is 44.3. The lowest BCUT2D eigenvalue weighted by atomic mass is 9.77. The van der Waals surface area contributed by atoms with E-state index in [4.69, 9.17) is 58.2 Å². The number of halogens is 4. The van der Waals surface area contributed by atoms with Crippen molar-refractivity contribution in [1.82, 2.24) is 29.9 Å². The average molecular weight is 1630 g/mol. The number of hydrogen-bond acceptors (Lipinski definition) is 23. The van der Waals surface area contributed by atoms with E-state index in [0.29, 0.717) is 89.1 Å². The van der Waals surface area contributed by atoms with E-state index in [0.717, 1.165) is 38.5 Å². The maximum atomic E-state index is 15.1. The molecule has 0 fully saturated rings. The van der Waals surface area contributed by atoms with Gasteiger partial charge in [-0.25, -0.2) is 71.8 Å². The van der Waals surface area contributed by atoms with Gasteiger partial charge in [0.25, 0.3) is 20.0 Å². The summed E-state index contributed by atoms with van der Waals surface area (Å²) in [5.74, 6) is -0.887. The van der Waals surface area contributed by atoms with E-state index in [2.05, 4.69) is 34.7 Å². The molecule has 0 radical (unpaired) electrons. The predicted octanol–water partition coefficient (Wildman–Crippen LogP) is 14.2. The number of methoxy groups -OCH3 is 4. The number of nitrogens with zero attached hydrogens (tertiary/aromatic N) is 10. The molecule has 0 aliphatic heterocycles. The summed E-state index contributed by atoms with van der Waals surface area (Å²) in [7, 11) is -7.57. The number of pyridine rings is 3. The molecule has 6 heterocycles. The number of anilines is 2. The Labute approximate surface area is 651 Å². The van der Waals surface area contributed by atoms with E-state index >= 15 is 4.39 Å². The van der Waals surface area contributed by atoms with Gasteiger partial charge in [-0.15, -0.1) is 34.0 Å². The van der Waals surface area contributed by atoms with E-state index in [-0.39, 0.29) is 76.1 Å². The first-order valence-corrected chi connectivity index (χ1v) is 39.9. The zero-order valence-electron chi connectivity index (χ0n) is 58.4. The zero-order valence-corrected chi connectivity index (χ0v) is 64.0. The highest BCUT2D eigenvalue weighted by molar-refractivity contribution is 7.93. The Kier molecular flexibility index (Phi) is 25.4. The molecular weight excluding hydrogens is 1570 g/mol. The Bertz CT molecular complexity index is 6230. The molecule has 0 spiro atoms. The summed E-state index contributed by atoms with van der Waals surface area (Å²) in [5, 5.41) is 33.4. The number of para-hydroxylation sites is 1. The summed E-state index contributed by atoms with van der Waals surface area (Å²) in [6.45, 7) is 7.18. The van der Waals surface area contributed by atoms with Gasteiger partial charge in [0, 0.05) is 107 Å². The van der Waals surface area contributed by atoms with Gasteiger partial charge in [-0.3, -0.25) is 14.8 Å². The van der Waals surface area contributed by atoms with Crippen LogP contribution in [-0.2, 0) is 48.7 Å². The van der Waals surface area contributed by atoms with Gasteiger partial charge in [-0.1, -0.05) is 84.4 Å². The Morgan fingerprint density at radius 2 is 1.02 bits per heavy atom. The monoisotopic (exact) mass is 1630 g/mol. The molecule has 4 N–H and O–H groups in total. The fraction of sp³-hybridized carbons (Fsp3) is 0.0921. The van der Waals surface area contributed by atoms with Crippen molar-refractivity contribution in [1.29, 1.82) is 5.26 Å². The number of thiazole rings is 3. The average Bonchev–Trinajstić information content (AvgIpc) is 1.29. The van der Waals surface area contributed by atoms with Crippen LogP contribution in [0.3, 0.4) is 0 Å². The highest BCUT2D eigenvalue weighted by Gasteiger charge is 2.32. The molecule has 1 amide bonds. The van der Waals surface area contributed by atoms with Crippen LogP contribution < -0.4 is 38.8 Å². The molecule has 35 heteroatoms. The topological polar surface area (TPSA) is 335 Å². The number of carbonyl (C=O) groups excluding carboxylic acids is 1. The van der Waals surface area contributed by atoms with Gasteiger partial charge in [-0.05, 0) is 84.3 Å². The summed E-state index contributed by atoms with van der Waals surface area (Å²) in [4.78, 5) is 39.8. The molecule has 0 unspecified atom stereocenters. The van der Waals surface area contributed by atoms with Gasteiger partial charge in [0.05, 0.1) is 104 Å². The normalized spacial score (nSPS) is 11.2. The van der Waals surface area contributed by atoms with Crippen LogP contribution in [0.25, 0.3) is 59.7 Å². The Morgan fingerprint density at radius 1 is 0.559 bits per heavy atom. The second kappa shape index (κ2) is 35.2. The van der Waals surface area contributed by atoms with Gasteiger partial charge < -0.3 is 34.7 Å². The number of sulfone groups is 1. The van der Waals surface area contributed by atoms with Crippen molar-refractivity contribution in [3.05, 3.63) is 278 Å². The number of rotatable bonds is 21. The van der Waals surface area contributed by atoms with Crippen LogP contribution in [0, 0.1) is 35.4 Å². The van der Waals surface area contributed by atoms with E-state index in [1.54, 1.807) is 119 Å². The summed E-state index contributed by atoms with van der Waals surface area (Å²) >= 11 is 9.60. The standard InChI is InChI=1S/C28H23FN4O5S2.C21H17ClFN3O4S2.C20H12FN3O2S2.C7H6BNO2/c1-37-18-8-7-17(25(13-18)38-2)16-33(28-31-11-12-39-28)40(35,36)19-9-10-21-23(14-19)24(29)15-32-26(21)20-5-3-4-6-22(20)27(30)34;1-29-14-4-3-13(19(9-14)30-2)12-26(21-24-7-8-31-21)32(27,28)15-5-6-16-17(10-15)18(23)11-25-20(16)22;1-22-18-5-3-2-4-15(18)20-14-7-6-13(10-16(14)17(21)11-24-20)28(25,26)12-19-23-8-9-27-19;9-5-6-3-1-2-4-7(6)8(10)11/h3-15H,16H2,1-2H3,(H2,30,34);3-11H,12H2,1-2H3;2-11H,12H2;1-4,10-11H. The maximum Gasteiger partial charge on any atom is 0.489 e. The van der Waals surface area contributed by atoms with Gasteiger partial charge in [0.2, 0.25) is 5.91 Å². The third-order valence-electron chi connectivity index (χ3n) is 16.7. The van der Waals surface area contributed by atoms with Crippen molar-refractivity contribution < 1.29 is 72.2 Å². The number of primary amides is 1. The molecule has 6 aromatic heterocycles. The largest absolute Gasteiger partial charge is 0.497 e. The minimum Gasteiger partial charge on any atom is -0.497 e. The maximum absolute atomic E-state index is 15.1. The number of hydrogen-bond donors (Lipinski definition) is 3. The molecule has 14 rings (SSSR count). The van der Waals surface area contributed by atoms with Crippen LogP contribution in [0.4, 0.5) is 29.1 Å². The number of nitriles is 1. The number of carbonyl (C=O) groups is 1. The number of ether oxygens (including phenoxy) is 4. The quantitative estimate of drug-likeness (QED) is 0.0342. The third-order valence-corrected chi connectivity index (χ3v) is 24.9. The summed E-state index contributed by atoms with van der Waals surface area (Å²) in [5.41, 5.74) is 9.58. The first-order chi connectivity index (χ1) is 53.3. The molecule has 0 saturated carbocycles. The van der Waals surface area contributed by atoms with Crippen LogP contribution in [0.15, 0.2) is 232 Å². The third kappa shape index (κ3) is 17.9. The number of aromatic nitrogens is 6. The minimum absolute atomic E-state index is 0.0183. The van der Waals surface area contributed by atoms with Crippen LogP contribution >= 0.6 is 45.6 Å². The van der Waals surface area contributed by atoms with Crippen molar-refractivity contribution in [2.24, 2.45) is 5.73 Å². The number of sulfonamides is 2. The van der Waals surface area contributed by atoms with Crippen molar-refractivity contribution >= 4 is 142 Å². The fourth-order valence-corrected chi connectivity index (χ4v) is 18.3. The van der Waals surface area contributed by atoms with Gasteiger partial charge in [-0.2, -0.15) is 5.26 Å². The Morgan fingerprint density at radius 3 is 1.50 bits per heavy atom. The molecule has 0 aliphatic rings. The highest BCUT2D eigenvalue weighted by atomic mass is 35.5. The lowest BCUT2D eigenvalue weighted by Crippen LogP contribution is -2.31.